The van der Waals surface area contributed by atoms with Crippen molar-refractivity contribution >= 4 is 17.9 Å². The van der Waals surface area contributed by atoms with Crippen LogP contribution in [-0.4, -0.2) is 24.5 Å². The van der Waals surface area contributed by atoms with Crippen molar-refractivity contribution in [3.05, 3.63) is 71.8 Å². The summed E-state index contributed by atoms with van der Waals surface area (Å²) in [6.45, 7) is 4.04. The normalized spacial score (nSPS) is 12.5. The van der Waals surface area contributed by atoms with Gasteiger partial charge in [-0.1, -0.05) is 67.6 Å². The van der Waals surface area contributed by atoms with Gasteiger partial charge < -0.3 is 10.1 Å². The Morgan fingerprint density at radius 3 is 2.04 bits per heavy atom. The number of hydrogen-bond acceptors (Lipinski definition) is 4. The van der Waals surface area contributed by atoms with E-state index in [0.29, 0.717) is 12.1 Å². The number of esters is 1. The van der Waals surface area contributed by atoms with Gasteiger partial charge in [0.1, 0.15) is 0 Å². The quantitative estimate of drug-likeness (QED) is 0.735. The van der Waals surface area contributed by atoms with Crippen LogP contribution in [0.5, 0.6) is 0 Å². The molecule has 0 aromatic heterocycles. The maximum atomic E-state index is 12.5. The van der Waals surface area contributed by atoms with Crippen LogP contribution in [0.15, 0.2) is 60.7 Å². The maximum absolute atomic E-state index is 12.5. The molecule has 3 amide bonds. The van der Waals surface area contributed by atoms with Gasteiger partial charge in [0, 0.05) is 12.1 Å². The summed E-state index contributed by atoms with van der Waals surface area (Å²) in [5, 5.41) is 4.68. The second-order valence-electron chi connectivity index (χ2n) is 6.15. The third kappa shape index (κ3) is 6.26. The lowest BCUT2D eigenvalue weighted by atomic mass is 9.98. The lowest BCUT2D eigenvalue weighted by Gasteiger charge is -2.19. The highest BCUT2D eigenvalue weighted by Gasteiger charge is 2.27. The van der Waals surface area contributed by atoms with E-state index in [4.69, 9.17) is 4.74 Å². The Bertz CT molecular complexity index is 762. The average Bonchev–Trinajstić information content (AvgIpc) is 2.67. The third-order valence-electron chi connectivity index (χ3n) is 4.01. The highest BCUT2D eigenvalue weighted by molar-refractivity contribution is 5.97. The fourth-order valence-electron chi connectivity index (χ4n) is 2.61. The lowest BCUT2D eigenvalue weighted by Crippen LogP contribution is -2.42. The molecule has 2 atom stereocenters. The van der Waals surface area contributed by atoms with Gasteiger partial charge >= 0.3 is 12.0 Å². The van der Waals surface area contributed by atoms with Crippen molar-refractivity contribution in [3.63, 3.8) is 0 Å². The van der Waals surface area contributed by atoms with Crippen LogP contribution in [0.25, 0.3) is 0 Å². The first-order chi connectivity index (χ1) is 13.0. The molecule has 6 nitrogen and oxygen atoms in total. The molecule has 142 valence electrons. The molecule has 0 saturated carbocycles. The van der Waals surface area contributed by atoms with E-state index in [1.54, 1.807) is 37.3 Å². The first-order valence-corrected chi connectivity index (χ1v) is 8.89. The first kappa shape index (κ1) is 20.2. The number of nitrogens with one attached hydrogen (secondary N) is 2. The minimum atomic E-state index is -1.19. The van der Waals surface area contributed by atoms with Gasteiger partial charge in [0.25, 0.3) is 5.91 Å². The van der Waals surface area contributed by atoms with Crippen molar-refractivity contribution in [1.29, 1.82) is 0 Å². The van der Waals surface area contributed by atoms with Crippen LogP contribution >= 0.6 is 0 Å². The number of rotatable bonds is 7. The minimum Gasteiger partial charge on any atom is -0.447 e. The highest BCUT2D eigenvalue weighted by Crippen LogP contribution is 2.23. The van der Waals surface area contributed by atoms with Crippen LogP contribution in [0.1, 0.15) is 43.4 Å². The molecule has 2 aromatic rings. The zero-order valence-electron chi connectivity index (χ0n) is 15.5. The van der Waals surface area contributed by atoms with Gasteiger partial charge in [-0.3, -0.25) is 14.9 Å². The third-order valence-corrected chi connectivity index (χ3v) is 4.01. The van der Waals surface area contributed by atoms with Crippen LogP contribution in [-0.2, 0) is 14.3 Å². The van der Waals surface area contributed by atoms with Gasteiger partial charge in [-0.05, 0) is 18.4 Å². The summed E-state index contributed by atoms with van der Waals surface area (Å²) in [4.78, 5) is 36.5. The second kappa shape index (κ2) is 10.1. The number of hydrogen-bond donors (Lipinski definition) is 2. The van der Waals surface area contributed by atoms with Gasteiger partial charge in [-0.2, -0.15) is 0 Å². The van der Waals surface area contributed by atoms with Crippen LogP contribution in [0, 0.1) is 0 Å². The average molecular weight is 368 g/mol. The zero-order valence-corrected chi connectivity index (χ0v) is 15.5. The fraction of sp³-hybridized carbons (Fsp3) is 0.286. The standard InChI is InChI=1S/C21H24N2O4/c1-3-22-21(26)23-20(25)19(17-12-8-5-9-13-17)27-18(24)14-15(2)16-10-6-4-7-11-16/h4-13,15,19H,3,14H2,1-2H3,(H2,22,23,25,26)/t15-,19-/m0/s1. The number of urea groups is 1. The lowest BCUT2D eigenvalue weighted by molar-refractivity contribution is -0.156. The van der Waals surface area contributed by atoms with Crippen molar-refractivity contribution in [2.24, 2.45) is 0 Å². The number of carbonyl (C=O) groups excluding carboxylic acids is 3. The van der Waals surface area contributed by atoms with Crippen LogP contribution in [0.2, 0.25) is 0 Å². The topological polar surface area (TPSA) is 84.5 Å². The smallest absolute Gasteiger partial charge is 0.321 e. The van der Waals surface area contributed by atoms with Crippen LogP contribution < -0.4 is 10.6 Å². The van der Waals surface area contributed by atoms with E-state index in [1.165, 1.54) is 0 Å². The molecule has 2 aromatic carbocycles. The Balaban J connectivity index is 2.08. The number of benzene rings is 2. The van der Waals surface area contributed by atoms with E-state index in [1.807, 2.05) is 37.3 Å². The molecule has 0 saturated heterocycles. The summed E-state index contributed by atoms with van der Waals surface area (Å²) < 4.78 is 5.44. The van der Waals surface area contributed by atoms with E-state index in [9.17, 15) is 14.4 Å². The van der Waals surface area contributed by atoms with Crippen molar-refractivity contribution in [2.75, 3.05) is 6.54 Å². The van der Waals surface area contributed by atoms with Gasteiger partial charge in [-0.25, -0.2) is 4.79 Å². The summed E-state index contributed by atoms with van der Waals surface area (Å²) in [5.74, 6) is -1.25. The van der Waals surface area contributed by atoms with Gasteiger partial charge in [-0.15, -0.1) is 0 Å². The van der Waals surface area contributed by atoms with Gasteiger partial charge in [0.2, 0.25) is 6.10 Å². The predicted molar refractivity (Wildman–Crippen MR) is 102 cm³/mol. The van der Waals surface area contributed by atoms with E-state index >= 15 is 0 Å². The number of ether oxygens (including phenoxy) is 1. The summed E-state index contributed by atoms with van der Waals surface area (Å²) in [5.41, 5.74) is 1.51. The molecule has 0 radical (unpaired) electrons. The fourth-order valence-corrected chi connectivity index (χ4v) is 2.61. The van der Waals surface area contributed by atoms with Crippen molar-refractivity contribution in [3.8, 4) is 0 Å². The molecule has 0 aliphatic rings. The molecular formula is C21H24N2O4. The highest BCUT2D eigenvalue weighted by atomic mass is 16.5. The van der Waals surface area contributed by atoms with E-state index in [0.717, 1.165) is 5.56 Å². The molecule has 0 bridgehead atoms. The SMILES string of the molecule is CCNC(=O)NC(=O)[C@@H](OC(=O)C[C@H](C)c1ccccc1)c1ccccc1. The zero-order chi connectivity index (χ0) is 19.6. The summed E-state index contributed by atoms with van der Waals surface area (Å²) in [6.07, 6.45) is -1.06. The molecule has 0 aliphatic heterocycles. The Morgan fingerprint density at radius 2 is 1.48 bits per heavy atom. The van der Waals surface area contributed by atoms with E-state index in [-0.39, 0.29) is 12.3 Å². The largest absolute Gasteiger partial charge is 0.447 e. The molecular weight excluding hydrogens is 344 g/mol. The monoisotopic (exact) mass is 368 g/mol. The summed E-state index contributed by atoms with van der Waals surface area (Å²) in [6, 6.07) is 17.6. The number of amides is 3. The molecule has 0 spiro atoms. The molecule has 0 unspecified atom stereocenters. The Kier molecular flexibility index (Phi) is 7.55. The maximum Gasteiger partial charge on any atom is 0.321 e. The van der Waals surface area contributed by atoms with Gasteiger partial charge in [0.05, 0.1) is 6.42 Å². The first-order valence-electron chi connectivity index (χ1n) is 8.89. The van der Waals surface area contributed by atoms with Crippen molar-refractivity contribution in [2.45, 2.75) is 32.3 Å². The van der Waals surface area contributed by atoms with Gasteiger partial charge in [0.15, 0.2) is 0 Å². The molecule has 0 heterocycles. The summed E-state index contributed by atoms with van der Waals surface area (Å²) in [7, 11) is 0. The molecule has 0 aliphatic carbocycles. The van der Waals surface area contributed by atoms with Crippen LogP contribution in [0.4, 0.5) is 4.79 Å². The second-order valence-corrected chi connectivity index (χ2v) is 6.15. The molecule has 2 N–H and O–H groups in total. The van der Waals surface area contributed by atoms with Crippen LogP contribution in [0.3, 0.4) is 0 Å². The molecule has 27 heavy (non-hydrogen) atoms. The Morgan fingerprint density at radius 1 is 0.926 bits per heavy atom. The van der Waals surface area contributed by atoms with Crippen molar-refractivity contribution in [1.82, 2.24) is 10.6 Å². The Labute approximate surface area is 158 Å². The predicted octanol–water partition coefficient (Wildman–Crippen LogP) is 3.31. The molecule has 0 fully saturated rings. The van der Waals surface area contributed by atoms with Crippen molar-refractivity contribution < 1.29 is 19.1 Å². The van der Waals surface area contributed by atoms with E-state index in [2.05, 4.69) is 10.6 Å². The summed E-state index contributed by atoms with van der Waals surface area (Å²) >= 11 is 0. The molecule has 6 heteroatoms. The molecule has 2 rings (SSSR count). The number of carbonyl (C=O) groups is 3. The minimum absolute atomic E-state index is 0.0541. The van der Waals surface area contributed by atoms with E-state index < -0.39 is 24.0 Å². The number of imide groups is 1. The Hall–Kier alpha value is -3.15.